The van der Waals surface area contributed by atoms with Gasteiger partial charge in [0.1, 0.15) is 6.04 Å². The number of urea groups is 1. The molecule has 120 valence electrons. The van der Waals surface area contributed by atoms with E-state index in [1.807, 2.05) is 0 Å². The molecule has 0 aromatic heterocycles. The maximum atomic E-state index is 11.8. The molecule has 1 fully saturated rings. The molecule has 3 unspecified atom stereocenters. The Morgan fingerprint density at radius 3 is 2.38 bits per heavy atom. The predicted octanol–water partition coefficient (Wildman–Crippen LogP) is 0.687. The summed E-state index contributed by atoms with van der Waals surface area (Å²) < 4.78 is 0. The monoisotopic (exact) mass is 299 g/mol. The standard InChI is InChI=1S/C14H25N3O4/c1-8(2)11(12(15)18)17-14(21)16-7-9-5-3-4-6-10(9)13(19)20/h8-11H,3-7H2,1-2H3,(H2,15,18)(H,19,20)(H2,16,17,21). The zero-order valence-corrected chi connectivity index (χ0v) is 12.6. The van der Waals surface area contributed by atoms with Gasteiger partial charge in [0.15, 0.2) is 0 Å². The first-order chi connectivity index (χ1) is 9.82. The average molecular weight is 299 g/mol. The van der Waals surface area contributed by atoms with Gasteiger partial charge in [0.2, 0.25) is 5.91 Å². The van der Waals surface area contributed by atoms with Crippen LogP contribution >= 0.6 is 0 Å². The Bertz CT molecular complexity index is 398. The maximum absolute atomic E-state index is 11.8. The molecule has 0 heterocycles. The van der Waals surface area contributed by atoms with Crippen LogP contribution in [0.4, 0.5) is 4.79 Å². The predicted molar refractivity (Wildman–Crippen MR) is 77.4 cm³/mol. The Labute approximate surface area is 124 Å². The number of carbonyl (C=O) groups is 3. The normalized spacial score (nSPS) is 23.4. The third-order valence-corrected chi connectivity index (χ3v) is 4.01. The molecule has 5 N–H and O–H groups in total. The number of carboxylic acid groups (broad SMARTS) is 1. The van der Waals surface area contributed by atoms with E-state index >= 15 is 0 Å². The lowest BCUT2D eigenvalue weighted by atomic mass is 9.79. The van der Waals surface area contributed by atoms with Gasteiger partial charge in [0.05, 0.1) is 5.92 Å². The van der Waals surface area contributed by atoms with Crippen molar-refractivity contribution < 1.29 is 19.5 Å². The highest BCUT2D eigenvalue weighted by Crippen LogP contribution is 2.29. The number of amides is 3. The van der Waals surface area contributed by atoms with Crippen LogP contribution in [0.2, 0.25) is 0 Å². The van der Waals surface area contributed by atoms with Gasteiger partial charge in [0.25, 0.3) is 0 Å². The number of hydrogen-bond donors (Lipinski definition) is 4. The highest BCUT2D eigenvalue weighted by atomic mass is 16.4. The van der Waals surface area contributed by atoms with Crippen molar-refractivity contribution in [1.82, 2.24) is 10.6 Å². The van der Waals surface area contributed by atoms with Crippen LogP contribution in [-0.2, 0) is 9.59 Å². The number of rotatable bonds is 6. The lowest BCUT2D eigenvalue weighted by Gasteiger charge is -2.29. The van der Waals surface area contributed by atoms with Gasteiger partial charge in [-0.15, -0.1) is 0 Å². The molecular formula is C14H25N3O4. The number of nitrogens with one attached hydrogen (secondary N) is 2. The summed E-state index contributed by atoms with van der Waals surface area (Å²) in [7, 11) is 0. The third-order valence-electron chi connectivity index (χ3n) is 4.01. The van der Waals surface area contributed by atoms with Crippen molar-refractivity contribution in [3.8, 4) is 0 Å². The summed E-state index contributed by atoms with van der Waals surface area (Å²) in [5, 5.41) is 14.4. The third kappa shape index (κ3) is 5.24. The average Bonchev–Trinajstić information content (AvgIpc) is 2.42. The molecule has 1 aliphatic rings. The van der Waals surface area contributed by atoms with Crippen LogP contribution in [0, 0.1) is 17.8 Å². The van der Waals surface area contributed by atoms with Crippen LogP contribution in [0.15, 0.2) is 0 Å². The van der Waals surface area contributed by atoms with Crippen LogP contribution in [0.1, 0.15) is 39.5 Å². The molecule has 0 spiro atoms. The number of carbonyl (C=O) groups excluding carboxylic acids is 2. The van der Waals surface area contributed by atoms with E-state index in [9.17, 15) is 19.5 Å². The van der Waals surface area contributed by atoms with Crippen molar-refractivity contribution in [2.24, 2.45) is 23.5 Å². The molecule has 0 aromatic rings. The summed E-state index contributed by atoms with van der Waals surface area (Å²) >= 11 is 0. The van der Waals surface area contributed by atoms with Crippen LogP contribution in [0.5, 0.6) is 0 Å². The number of hydrogen-bond acceptors (Lipinski definition) is 3. The second kappa shape index (κ2) is 7.85. The van der Waals surface area contributed by atoms with E-state index < -0.39 is 29.9 Å². The van der Waals surface area contributed by atoms with Gasteiger partial charge in [-0.25, -0.2) is 4.79 Å². The number of primary amides is 1. The molecule has 0 saturated heterocycles. The van der Waals surface area contributed by atoms with Crippen LogP contribution in [0.25, 0.3) is 0 Å². The quantitative estimate of drug-likeness (QED) is 0.576. The molecule has 1 rings (SSSR count). The van der Waals surface area contributed by atoms with Crippen molar-refractivity contribution in [3.63, 3.8) is 0 Å². The molecule has 0 aromatic carbocycles. The zero-order chi connectivity index (χ0) is 16.0. The molecule has 3 amide bonds. The highest BCUT2D eigenvalue weighted by Gasteiger charge is 2.31. The number of aliphatic carboxylic acids is 1. The van der Waals surface area contributed by atoms with Crippen molar-refractivity contribution in [3.05, 3.63) is 0 Å². The molecule has 1 aliphatic carbocycles. The van der Waals surface area contributed by atoms with Crippen molar-refractivity contribution in [2.75, 3.05) is 6.54 Å². The van der Waals surface area contributed by atoms with Crippen molar-refractivity contribution >= 4 is 17.9 Å². The molecular weight excluding hydrogens is 274 g/mol. The highest BCUT2D eigenvalue weighted by molar-refractivity contribution is 5.86. The van der Waals surface area contributed by atoms with Crippen LogP contribution in [-0.4, -0.2) is 35.6 Å². The van der Waals surface area contributed by atoms with E-state index in [1.54, 1.807) is 13.8 Å². The summed E-state index contributed by atoms with van der Waals surface area (Å²) in [6.07, 6.45) is 3.34. The van der Waals surface area contributed by atoms with E-state index in [-0.39, 0.29) is 11.8 Å². The van der Waals surface area contributed by atoms with E-state index in [0.717, 1.165) is 19.3 Å². The van der Waals surface area contributed by atoms with Crippen molar-refractivity contribution in [1.29, 1.82) is 0 Å². The molecule has 0 aliphatic heterocycles. The Hall–Kier alpha value is -1.79. The Morgan fingerprint density at radius 1 is 1.24 bits per heavy atom. The molecule has 21 heavy (non-hydrogen) atoms. The van der Waals surface area contributed by atoms with E-state index in [0.29, 0.717) is 13.0 Å². The lowest BCUT2D eigenvalue weighted by molar-refractivity contribution is -0.144. The van der Waals surface area contributed by atoms with E-state index in [2.05, 4.69) is 10.6 Å². The van der Waals surface area contributed by atoms with Gasteiger partial charge in [0, 0.05) is 6.54 Å². The Kier molecular flexibility index (Phi) is 6.45. The largest absolute Gasteiger partial charge is 0.481 e. The fourth-order valence-corrected chi connectivity index (χ4v) is 2.76. The summed E-state index contributed by atoms with van der Waals surface area (Å²) in [4.78, 5) is 34.2. The fraction of sp³-hybridized carbons (Fsp3) is 0.786. The van der Waals surface area contributed by atoms with Gasteiger partial charge >= 0.3 is 12.0 Å². The minimum absolute atomic E-state index is 0.0620. The zero-order valence-electron chi connectivity index (χ0n) is 12.6. The van der Waals surface area contributed by atoms with Gasteiger partial charge < -0.3 is 21.5 Å². The van der Waals surface area contributed by atoms with Gasteiger partial charge in [-0.2, -0.15) is 0 Å². The first-order valence-corrected chi connectivity index (χ1v) is 7.39. The first kappa shape index (κ1) is 17.3. The summed E-state index contributed by atoms with van der Waals surface area (Å²) in [6.45, 7) is 3.88. The molecule has 1 saturated carbocycles. The van der Waals surface area contributed by atoms with Crippen LogP contribution in [0.3, 0.4) is 0 Å². The summed E-state index contributed by atoms with van der Waals surface area (Å²) in [5.41, 5.74) is 5.23. The molecule has 3 atom stereocenters. The first-order valence-electron chi connectivity index (χ1n) is 7.39. The second-order valence-electron chi connectivity index (χ2n) is 5.97. The summed E-state index contributed by atoms with van der Waals surface area (Å²) in [6, 6.07) is -1.21. The van der Waals surface area contributed by atoms with Gasteiger partial charge in [-0.3, -0.25) is 9.59 Å². The SMILES string of the molecule is CC(C)C(NC(=O)NCC1CCCCC1C(=O)O)C(N)=O. The van der Waals surface area contributed by atoms with Gasteiger partial charge in [-0.05, 0) is 24.7 Å². The van der Waals surface area contributed by atoms with E-state index in [4.69, 9.17) is 5.73 Å². The summed E-state index contributed by atoms with van der Waals surface area (Å²) in [5.74, 6) is -1.96. The number of carboxylic acids is 1. The van der Waals surface area contributed by atoms with Crippen LogP contribution < -0.4 is 16.4 Å². The van der Waals surface area contributed by atoms with Gasteiger partial charge in [-0.1, -0.05) is 26.7 Å². The fourth-order valence-electron chi connectivity index (χ4n) is 2.76. The molecule has 7 nitrogen and oxygen atoms in total. The lowest BCUT2D eigenvalue weighted by Crippen LogP contribution is -2.52. The number of nitrogens with two attached hydrogens (primary N) is 1. The Balaban J connectivity index is 2.47. The smallest absolute Gasteiger partial charge is 0.315 e. The maximum Gasteiger partial charge on any atom is 0.315 e. The topological polar surface area (TPSA) is 122 Å². The second-order valence-corrected chi connectivity index (χ2v) is 5.97. The molecule has 7 heteroatoms. The molecule has 0 radical (unpaired) electrons. The Morgan fingerprint density at radius 2 is 1.86 bits per heavy atom. The minimum Gasteiger partial charge on any atom is -0.481 e. The minimum atomic E-state index is -0.806. The van der Waals surface area contributed by atoms with Crippen molar-refractivity contribution in [2.45, 2.75) is 45.6 Å². The molecule has 0 bridgehead atoms. The van der Waals surface area contributed by atoms with E-state index in [1.165, 1.54) is 0 Å².